The van der Waals surface area contributed by atoms with Gasteiger partial charge in [-0.15, -0.1) is 11.3 Å². The molecule has 3 unspecified atom stereocenters. The van der Waals surface area contributed by atoms with E-state index in [0.29, 0.717) is 5.92 Å². The molecule has 272 valence electrons. The number of amidine groups is 1. The molecule has 3 aliphatic rings. The number of thiophene rings is 1. The zero-order valence-corrected chi connectivity index (χ0v) is 32.5. The van der Waals surface area contributed by atoms with Crippen molar-refractivity contribution in [3.05, 3.63) is 209 Å². The number of benzene rings is 7. The molecule has 0 radical (unpaired) electrons. The van der Waals surface area contributed by atoms with Crippen LogP contribution in [0.4, 0.5) is 0 Å². The van der Waals surface area contributed by atoms with Crippen LogP contribution in [0, 0.1) is 0 Å². The Labute approximate surface area is 338 Å². The van der Waals surface area contributed by atoms with Gasteiger partial charge in [-0.2, -0.15) is 0 Å². The van der Waals surface area contributed by atoms with Crippen molar-refractivity contribution in [3.8, 4) is 5.69 Å². The molecule has 6 heteroatoms. The highest BCUT2D eigenvalue weighted by Crippen LogP contribution is 2.54. The number of rotatable bonds is 5. The summed E-state index contributed by atoms with van der Waals surface area (Å²) in [5.41, 5.74) is 11.2. The molecule has 2 aliphatic heterocycles. The quantitative estimate of drug-likeness (QED) is 0.183. The molecule has 0 fully saturated rings. The molecule has 2 aromatic heterocycles. The first-order valence-electron chi connectivity index (χ1n) is 19.6. The Hall–Kier alpha value is -6.18. The van der Waals surface area contributed by atoms with Gasteiger partial charge in [-0.1, -0.05) is 139 Å². The van der Waals surface area contributed by atoms with Gasteiger partial charge in [-0.3, -0.25) is 5.32 Å². The molecule has 0 saturated heterocycles. The fourth-order valence-corrected chi connectivity index (χ4v) is 11.6. The van der Waals surface area contributed by atoms with Crippen molar-refractivity contribution < 1.29 is 0 Å². The summed E-state index contributed by atoms with van der Waals surface area (Å²) in [6.07, 6.45) is 5.61. The van der Waals surface area contributed by atoms with Crippen LogP contribution in [0.2, 0.25) is 0 Å². The molecule has 57 heavy (non-hydrogen) atoms. The first-order valence-corrected chi connectivity index (χ1v) is 21.3. The fraction of sp³-hybridized carbons (Fsp3) is 0.0784. The van der Waals surface area contributed by atoms with Crippen molar-refractivity contribution in [1.29, 1.82) is 0 Å². The lowest BCUT2D eigenvalue weighted by molar-refractivity contribution is 0.411. The van der Waals surface area contributed by atoms with Gasteiger partial charge < -0.3 is 9.88 Å². The van der Waals surface area contributed by atoms with Gasteiger partial charge in [0.15, 0.2) is 0 Å². The average molecular weight is 769 g/mol. The van der Waals surface area contributed by atoms with E-state index in [9.17, 15) is 0 Å². The van der Waals surface area contributed by atoms with Crippen LogP contribution in [0.3, 0.4) is 0 Å². The molecule has 9 aromatic rings. The molecular weight excluding hydrogens is 733 g/mol. The smallest absolute Gasteiger partial charge is 0.131 e. The lowest BCUT2D eigenvalue weighted by Crippen LogP contribution is -2.45. The molecule has 2 N–H and O–H groups in total. The zero-order valence-electron chi connectivity index (χ0n) is 30.9. The van der Waals surface area contributed by atoms with Gasteiger partial charge in [-0.25, -0.2) is 4.99 Å². The van der Waals surface area contributed by atoms with Crippen molar-refractivity contribution in [2.24, 2.45) is 4.99 Å². The van der Waals surface area contributed by atoms with E-state index in [-0.39, 0.29) is 12.3 Å². The molecule has 4 nitrogen and oxygen atoms in total. The Balaban J connectivity index is 0.870. The van der Waals surface area contributed by atoms with Crippen molar-refractivity contribution in [2.45, 2.75) is 29.6 Å². The number of aliphatic imine (C=N–C) groups is 1. The van der Waals surface area contributed by atoms with Gasteiger partial charge in [-0.05, 0) is 87.7 Å². The molecule has 0 bridgehead atoms. The maximum atomic E-state index is 5.15. The number of aromatic nitrogens is 1. The summed E-state index contributed by atoms with van der Waals surface area (Å²) >= 11 is 3.83. The summed E-state index contributed by atoms with van der Waals surface area (Å²) in [5.74, 6) is 1.29. The molecular formula is C51H36N4S2. The highest BCUT2D eigenvalue weighted by Gasteiger charge is 2.31. The van der Waals surface area contributed by atoms with Gasteiger partial charge in [0.05, 0.1) is 11.0 Å². The average Bonchev–Trinajstić information content (AvgIpc) is 3.95. The molecule has 1 aliphatic carbocycles. The number of hydrogen-bond acceptors (Lipinski definition) is 5. The van der Waals surface area contributed by atoms with E-state index >= 15 is 0 Å². The Bertz CT molecular complexity index is 3100. The Kier molecular flexibility index (Phi) is 7.65. The van der Waals surface area contributed by atoms with E-state index in [1.807, 2.05) is 23.1 Å². The number of nitrogens with one attached hydrogen (secondary N) is 2. The highest BCUT2D eigenvalue weighted by molar-refractivity contribution is 8.03. The normalized spacial score (nSPS) is 18.9. The Morgan fingerprint density at radius 3 is 2.18 bits per heavy atom. The van der Waals surface area contributed by atoms with Crippen LogP contribution >= 0.6 is 23.1 Å². The lowest BCUT2D eigenvalue weighted by Gasteiger charge is -2.32. The van der Waals surface area contributed by atoms with Crippen LogP contribution in [-0.2, 0) is 0 Å². The highest BCUT2D eigenvalue weighted by atomic mass is 32.2. The van der Waals surface area contributed by atoms with Gasteiger partial charge in [0, 0.05) is 53.0 Å². The topological polar surface area (TPSA) is 41.4 Å². The second-order valence-corrected chi connectivity index (χ2v) is 17.3. The minimum Gasteiger partial charge on any atom is -0.350 e. The van der Waals surface area contributed by atoms with E-state index in [2.05, 4.69) is 191 Å². The number of para-hydroxylation sites is 2. The first-order chi connectivity index (χ1) is 28.2. The van der Waals surface area contributed by atoms with Crippen LogP contribution in [0.1, 0.15) is 52.5 Å². The van der Waals surface area contributed by atoms with Gasteiger partial charge in [0.2, 0.25) is 0 Å². The van der Waals surface area contributed by atoms with Crippen LogP contribution in [0.15, 0.2) is 191 Å². The third-order valence-electron chi connectivity index (χ3n) is 11.8. The van der Waals surface area contributed by atoms with E-state index in [0.717, 1.165) is 23.4 Å². The van der Waals surface area contributed by atoms with Crippen molar-refractivity contribution in [2.75, 3.05) is 0 Å². The molecule has 12 rings (SSSR count). The minimum absolute atomic E-state index is 0.122. The van der Waals surface area contributed by atoms with Crippen molar-refractivity contribution in [1.82, 2.24) is 15.2 Å². The van der Waals surface area contributed by atoms with Crippen LogP contribution in [0.5, 0.6) is 0 Å². The number of allylic oxidation sites excluding steroid dienone is 4. The summed E-state index contributed by atoms with van der Waals surface area (Å²) in [5, 5.41) is 12.8. The second-order valence-electron chi connectivity index (χ2n) is 15.1. The predicted molar refractivity (Wildman–Crippen MR) is 241 cm³/mol. The summed E-state index contributed by atoms with van der Waals surface area (Å²) in [4.78, 5) is 7.96. The van der Waals surface area contributed by atoms with E-state index in [1.165, 1.54) is 79.7 Å². The first kappa shape index (κ1) is 33.0. The number of nitrogens with zero attached hydrogens (tertiary/aromatic N) is 2. The number of hydrogen-bond donors (Lipinski definition) is 2. The standard InChI is InChI=1S/C51H36N4S2/c1-3-12-31(13-4-1)49-52-50(32-14-5-2-6-15-32)54-51(53-49)40-18-11-21-45-48(40)39-26-23-34(29-47(39)57-45)33-22-25-38-41-30-35(24-27-44(41)56-46(38)28-33)55-42-19-9-7-16-36(42)37-17-8-10-20-43(37)55/h1-24,26-30,38,49,51,53H,25H2,(H,52,54). The van der Waals surface area contributed by atoms with Gasteiger partial charge >= 0.3 is 0 Å². The van der Waals surface area contributed by atoms with Crippen molar-refractivity contribution in [3.63, 3.8) is 0 Å². The SMILES string of the molecule is C1=C(c2ccc3c(c2)sc2cccc(C4NC(c5ccccc5)=NC(c5ccccc5)N4)c23)C=C2Sc3ccc(-n4c5ccccc5c5ccccc54)cc3C2C1. The molecule has 7 aromatic carbocycles. The zero-order chi connectivity index (χ0) is 37.5. The lowest BCUT2D eigenvalue weighted by atomic mass is 9.88. The predicted octanol–water partition coefficient (Wildman–Crippen LogP) is 13.0. The number of thioether (sulfide) groups is 1. The van der Waals surface area contributed by atoms with Gasteiger partial charge in [0.25, 0.3) is 0 Å². The van der Waals surface area contributed by atoms with E-state index in [1.54, 1.807) is 0 Å². The summed E-state index contributed by atoms with van der Waals surface area (Å²) < 4.78 is 5.03. The van der Waals surface area contributed by atoms with Crippen molar-refractivity contribution >= 4 is 76.5 Å². The minimum atomic E-state index is -0.172. The summed E-state index contributed by atoms with van der Waals surface area (Å²) in [7, 11) is 0. The Morgan fingerprint density at radius 1 is 0.614 bits per heavy atom. The fourth-order valence-electron chi connectivity index (χ4n) is 9.16. The molecule has 0 spiro atoms. The number of fused-ring (bicyclic) bond motifs is 9. The molecule has 4 heterocycles. The van der Waals surface area contributed by atoms with E-state index in [4.69, 9.17) is 4.99 Å². The van der Waals surface area contributed by atoms with E-state index < -0.39 is 0 Å². The van der Waals surface area contributed by atoms with Crippen LogP contribution in [0.25, 0.3) is 53.2 Å². The maximum absolute atomic E-state index is 5.15. The monoisotopic (exact) mass is 768 g/mol. The largest absolute Gasteiger partial charge is 0.350 e. The molecule has 0 amide bonds. The van der Waals surface area contributed by atoms with Gasteiger partial charge in [0.1, 0.15) is 18.2 Å². The third-order valence-corrected chi connectivity index (χ3v) is 14.2. The third kappa shape index (κ3) is 5.43. The molecule has 3 atom stereocenters. The van der Waals surface area contributed by atoms with Crippen LogP contribution < -0.4 is 10.6 Å². The molecule has 0 saturated carbocycles. The maximum Gasteiger partial charge on any atom is 0.131 e. The Morgan fingerprint density at radius 2 is 1.37 bits per heavy atom. The summed E-state index contributed by atoms with van der Waals surface area (Å²) in [6.45, 7) is 0. The second kappa shape index (κ2) is 13.2. The van der Waals surface area contributed by atoms with Crippen LogP contribution in [-0.4, -0.2) is 10.4 Å². The summed E-state index contributed by atoms with van der Waals surface area (Å²) in [6, 6.07) is 59.4.